The second kappa shape index (κ2) is 11.5. The van der Waals surface area contributed by atoms with E-state index in [9.17, 15) is 19.6 Å². The van der Waals surface area contributed by atoms with E-state index >= 15 is 0 Å². The van der Waals surface area contributed by atoms with Crippen molar-refractivity contribution >= 4 is 43.6 Å². The Morgan fingerprint density at radius 1 is 1.28 bits per heavy atom. The third-order valence-corrected chi connectivity index (χ3v) is 5.60. The van der Waals surface area contributed by atoms with Gasteiger partial charge in [-0.25, -0.2) is 4.79 Å². The average molecular weight is 503 g/mol. The van der Waals surface area contributed by atoms with Crippen molar-refractivity contribution in [1.82, 2.24) is 4.98 Å². The first kappa shape index (κ1) is 26.0. The molecule has 0 saturated carbocycles. The Balaban J connectivity index is 2.41. The fourth-order valence-corrected chi connectivity index (χ4v) is 3.42. The number of benzene rings is 1. The van der Waals surface area contributed by atoms with E-state index in [2.05, 4.69) is 9.73 Å². The maximum Gasteiger partial charge on any atom is 0.346 e. The monoisotopic (exact) mass is 502 g/mol. The molecule has 1 N–H and O–H groups in total. The van der Waals surface area contributed by atoms with Gasteiger partial charge in [0.15, 0.2) is 12.3 Å². The number of hydrogen-bond acceptors (Lipinski definition) is 9. The number of aromatic nitrogens is 1. The summed E-state index contributed by atoms with van der Waals surface area (Å²) in [5.41, 5.74) is 0.0200. The number of carbonyl (C=O) groups is 2. The first-order valence-electron chi connectivity index (χ1n) is 9.34. The predicted octanol–water partition coefficient (Wildman–Crippen LogP) is 4.51. The number of aryl methyl sites for hydroxylation is 1. The third-order valence-electron chi connectivity index (χ3n) is 3.96. The van der Waals surface area contributed by atoms with Crippen molar-refractivity contribution < 1.29 is 33.6 Å². The van der Waals surface area contributed by atoms with Crippen LogP contribution in [0.2, 0.25) is 10.0 Å². The Kier molecular flexibility index (Phi) is 9.36. The van der Waals surface area contributed by atoms with E-state index in [1.54, 1.807) is 13.8 Å². The van der Waals surface area contributed by atoms with Gasteiger partial charge in [-0.3, -0.25) is 9.78 Å². The molecule has 0 aliphatic heterocycles. The molecule has 0 amide bonds. The van der Waals surface area contributed by atoms with Crippen LogP contribution in [0.15, 0.2) is 29.1 Å². The van der Waals surface area contributed by atoms with Gasteiger partial charge < -0.3 is 19.5 Å². The minimum absolute atomic E-state index is 0.00914. The highest BCUT2D eigenvalue weighted by Crippen LogP contribution is 2.37. The van der Waals surface area contributed by atoms with Gasteiger partial charge in [0.25, 0.3) is 6.29 Å². The summed E-state index contributed by atoms with van der Waals surface area (Å²) in [5.74, 6) is -0.904. The number of nitrogens with zero attached hydrogens (tertiary/aromatic N) is 2. The molecule has 0 radical (unpaired) electrons. The van der Waals surface area contributed by atoms with Gasteiger partial charge >= 0.3 is 14.1 Å². The lowest BCUT2D eigenvalue weighted by atomic mass is 10.1. The molecule has 12 heteroatoms. The van der Waals surface area contributed by atoms with E-state index < -0.39 is 26.5 Å². The molecular formula is C20H21Cl2N2O7P. The Bertz CT molecular complexity index is 1030. The van der Waals surface area contributed by atoms with Crippen molar-refractivity contribution in [1.29, 1.82) is 0 Å². The van der Waals surface area contributed by atoms with Crippen LogP contribution in [0.5, 0.6) is 11.5 Å². The van der Waals surface area contributed by atoms with Crippen molar-refractivity contribution in [3.05, 3.63) is 51.3 Å². The van der Waals surface area contributed by atoms with Crippen LogP contribution in [-0.2, 0) is 14.1 Å². The predicted molar refractivity (Wildman–Crippen MR) is 117 cm³/mol. The van der Waals surface area contributed by atoms with E-state index in [-0.39, 0.29) is 44.5 Å². The second-order valence-electron chi connectivity index (χ2n) is 6.83. The largest absolute Gasteiger partial charge is 0.583 e. The number of hydrogen-bond donors (Lipinski definition) is 1. The summed E-state index contributed by atoms with van der Waals surface area (Å²) < 4.78 is 19.9. The van der Waals surface area contributed by atoms with Crippen LogP contribution in [0.1, 0.15) is 48.7 Å². The summed E-state index contributed by atoms with van der Waals surface area (Å²) in [5, 5.41) is 10.7. The van der Waals surface area contributed by atoms with Gasteiger partial charge in [0.1, 0.15) is 11.5 Å². The number of aldehydes is 1. The van der Waals surface area contributed by atoms with Crippen LogP contribution in [0.4, 0.5) is 0 Å². The first-order chi connectivity index (χ1) is 15.0. The zero-order valence-corrected chi connectivity index (χ0v) is 20.0. The van der Waals surface area contributed by atoms with Crippen LogP contribution >= 0.6 is 31.4 Å². The van der Waals surface area contributed by atoms with Crippen LogP contribution in [0.25, 0.3) is 0 Å². The Labute approximate surface area is 195 Å². The Morgan fingerprint density at radius 2 is 1.97 bits per heavy atom. The van der Waals surface area contributed by atoms with Gasteiger partial charge in [0, 0.05) is 12.3 Å². The molecule has 0 fully saturated rings. The molecule has 0 spiro atoms. The number of halogens is 2. The molecule has 1 aromatic carbocycles. The van der Waals surface area contributed by atoms with Gasteiger partial charge in [-0.15, -0.1) is 4.52 Å². The Morgan fingerprint density at radius 3 is 2.56 bits per heavy atom. The van der Waals surface area contributed by atoms with Gasteiger partial charge in [-0.2, -0.15) is 0 Å². The van der Waals surface area contributed by atoms with Crippen molar-refractivity contribution in [2.24, 2.45) is 4.74 Å². The van der Waals surface area contributed by atoms with E-state index in [4.69, 9.17) is 37.2 Å². The number of ether oxygens (including phenoxy) is 2. The van der Waals surface area contributed by atoms with Gasteiger partial charge in [0.2, 0.25) is 0 Å². The van der Waals surface area contributed by atoms with Crippen LogP contribution < -0.4 is 9.63 Å². The average Bonchev–Trinajstić information content (AvgIpc) is 2.71. The summed E-state index contributed by atoms with van der Waals surface area (Å²) in [6.45, 7) is 6.23. The minimum atomic E-state index is -2.82. The van der Waals surface area contributed by atoms with Gasteiger partial charge in [-0.05, 0) is 39.8 Å². The molecule has 0 aliphatic carbocycles. The van der Waals surface area contributed by atoms with Crippen LogP contribution in [0, 0.1) is 6.92 Å². The molecule has 3 atom stereocenters. The highest BCUT2D eigenvalue weighted by atomic mass is 35.5. The maximum atomic E-state index is 12.5. The lowest BCUT2D eigenvalue weighted by Crippen LogP contribution is -2.22. The van der Waals surface area contributed by atoms with Gasteiger partial charge in [0.05, 0.1) is 33.0 Å². The number of carbonyl (C=O) groups excluding carboxylic acids is 2. The molecular weight excluding hydrogens is 482 g/mol. The smallest absolute Gasteiger partial charge is 0.346 e. The molecule has 1 aromatic heterocycles. The SMILES string of the molecule is Cc1ncc(C(Oc2ccc(Cl)c(Cl)c2)O[P+]([O-])=N[C@@H](C)C(=O)OC(C)C)c(C=O)c1O. The molecule has 1 heterocycles. The maximum absolute atomic E-state index is 12.5. The zero-order chi connectivity index (χ0) is 24.0. The summed E-state index contributed by atoms with van der Waals surface area (Å²) in [6.07, 6.45) is -0.241. The van der Waals surface area contributed by atoms with Crippen LogP contribution in [0.3, 0.4) is 0 Å². The first-order valence-corrected chi connectivity index (χ1v) is 11.2. The topological polar surface area (TPSA) is 130 Å². The van der Waals surface area contributed by atoms with Crippen molar-refractivity contribution in [2.45, 2.75) is 46.1 Å². The second-order valence-corrected chi connectivity index (χ2v) is 8.56. The minimum Gasteiger partial charge on any atom is -0.583 e. The molecule has 0 bridgehead atoms. The van der Waals surface area contributed by atoms with Crippen LogP contribution in [-0.4, -0.2) is 34.5 Å². The van der Waals surface area contributed by atoms with E-state index in [1.165, 1.54) is 38.2 Å². The molecule has 2 unspecified atom stereocenters. The normalized spacial score (nSPS) is 13.6. The fraction of sp³-hybridized carbons (Fsp3) is 0.350. The highest BCUT2D eigenvalue weighted by molar-refractivity contribution is 7.33. The van der Waals surface area contributed by atoms with E-state index in [0.717, 1.165) is 0 Å². The summed E-state index contributed by atoms with van der Waals surface area (Å²) in [4.78, 5) is 40.1. The zero-order valence-electron chi connectivity index (χ0n) is 17.6. The number of aromatic hydroxyl groups is 1. The Hall–Kier alpha value is -2.29. The third kappa shape index (κ3) is 6.85. The number of pyridine rings is 1. The molecule has 0 aliphatic rings. The molecule has 172 valence electrons. The molecule has 2 aromatic rings. The highest BCUT2D eigenvalue weighted by Gasteiger charge is 2.28. The lowest BCUT2D eigenvalue weighted by molar-refractivity contribution is -0.189. The molecule has 2 rings (SSSR count). The van der Waals surface area contributed by atoms with Crippen molar-refractivity contribution in [3.8, 4) is 11.5 Å². The molecule has 0 saturated heterocycles. The number of rotatable bonds is 9. The molecule has 32 heavy (non-hydrogen) atoms. The van der Waals surface area contributed by atoms with Crippen molar-refractivity contribution in [3.63, 3.8) is 0 Å². The standard InChI is InChI=1S/C20H21Cl2N2O7P/c1-10(2)29-19(27)12(4)24-32(28)31-20(30-13-5-6-16(21)17(22)7-13)14-8-23-11(3)18(26)15(14)9-25/h5-10,12,20,26H,1-4H3/t12-,20?/m0/s1. The summed E-state index contributed by atoms with van der Waals surface area (Å²) in [6, 6.07) is 3.24. The van der Waals surface area contributed by atoms with E-state index in [1.807, 2.05) is 0 Å². The van der Waals surface area contributed by atoms with E-state index in [0.29, 0.717) is 6.29 Å². The summed E-state index contributed by atoms with van der Waals surface area (Å²) >= 11 is 11.9. The fourth-order valence-electron chi connectivity index (χ4n) is 2.38. The number of esters is 1. The quantitative estimate of drug-likeness (QED) is 0.229. The van der Waals surface area contributed by atoms with Gasteiger partial charge in [-0.1, -0.05) is 27.9 Å². The molecule has 9 nitrogen and oxygen atoms in total. The lowest BCUT2D eigenvalue weighted by Gasteiger charge is -2.18. The van der Waals surface area contributed by atoms with Crippen molar-refractivity contribution in [2.75, 3.05) is 0 Å². The summed E-state index contributed by atoms with van der Waals surface area (Å²) in [7, 11) is -2.82.